The summed E-state index contributed by atoms with van der Waals surface area (Å²) in [4.78, 5) is 33.6. The van der Waals surface area contributed by atoms with E-state index in [-0.39, 0.29) is 16.3 Å². The lowest BCUT2D eigenvalue weighted by molar-refractivity contribution is -0.125. The van der Waals surface area contributed by atoms with Crippen molar-refractivity contribution in [2.24, 2.45) is 0 Å². The number of carbonyl (C=O) groups is 2. The van der Waals surface area contributed by atoms with E-state index in [0.29, 0.717) is 35.1 Å². The van der Waals surface area contributed by atoms with E-state index >= 15 is 0 Å². The van der Waals surface area contributed by atoms with E-state index in [1.54, 1.807) is 26.0 Å². The SMILES string of the molecule is CCCC[C@@H](OC(=O)c1ccc(Cl)cc1)C(=O)Nc1ccc(S(=O)(=O)Nc2cc(C)nc(C)n2)cc1. The summed E-state index contributed by atoms with van der Waals surface area (Å²) in [7, 11) is -3.90. The van der Waals surface area contributed by atoms with Gasteiger partial charge in [-0.1, -0.05) is 24.9 Å². The smallest absolute Gasteiger partial charge is 0.338 e. The zero-order valence-electron chi connectivity index (χ0n) is 20.1. The molecule has 0 aliphatic carbocycles. The Hall–Kier alpha value is -3.50. The molecule has 2 aromatic carbocycles. The molecule has 1 heterocycles. The van der Waals surface area contributed by atoms with E-state index in [4.69, 9.17) is 16.3 Å². The van der Waals surface area contributed by atoms with E-state index in [1.165, 1.54) is 42.5 Å². The van der Waals surface area contributed by atoms with Crippen molar-refractivity contribution in [1.29, 1.82) is 0 Å². The van der Waals surface area contributed by atoms with Crippen molar-refractivity contribution in [2.45, 2.75) is 51.0 Å². The van der Waals surface area contributed by atoms with Crippen LogP contribution in [0.5, 0.6) is 0 Å². The number of ether oxygens (including phenoxy) is 1. The predicted octanol–water partition coefficient (Wildman–Crippen LogP) is 4.90. The number of rotatable bonds is 10. The van der Waals surface area contributed by atoms with Crippen LogP contribution in [0.25, 0.3) is 0 Å². The molecule has 1 aromatic heterocycles. The maximum atomic E-state index is 12.9. The zero-order chi connectivity index (χ0) is 26.3. The number of benzene rings is 2. The van der Waals surface area contributed by atoms with Crippen molar-refractivity contribution in [1.82, 2.24) is 9.97 Å². The number of amides is 1. The third kappa shape index (κ3) is 7.50. The minimum Gasteiger partial charge on any atom is -0.449 e. The van der Waals surface area contributed by atoms with E-state index < -0.39 is 28.0 Å². The van der Waals surface area contributed by atoms with Crippen LogP contribution in [-0.4, -0.2) is 36.4 Å². The van der Waals surface area contributed by atoms with Crippen LogP contribution in [0, 0.1) is 13.8 Å². The summed E-state index contributed by atoms with van der Waals surface area (Å²) >= 11 is 5.86. The Kier molecular flexibility index (Phi) is 9.00. The largest absolute Gasteiger partial charge is 0.449 e. The number of hydrogen-bond acceptors (Lipinski definition) is 7. The lowest BCUT2D eigenvalue weighted by Crippen LogP contribution is -2.32. The highest BCUT2D eigenvalue weighted by Gasteiger charge is 2.24. The number of nitrogens with one attached hydrogen (secondary N) is 2. The summed E-state index contributed by atoms with van der Waals surface area (Å²) in [6, 6.07) is 13.4. The van der Waals surface area contributed by atoms with Gasteiger partial charge in [0.1, 0.15) is 11.6 Å². The maximum Gasteiger partial charge on any atom is 0.338 e. The van der Waals surface area contributed by atoms with Crippen molar-refractivity contribution >= 4 is 45.0 Å². The van der Waals surface area contributed by atoms with Gasteiger partial charge in [0, 0.05) is 22.5 Å². The minimum atomic E-state index is -3.90. The van der Waals surface area contributed by atoms with Crippen LogP contribution in [0.2, 0.25) is 5.02 Å². The fraction of sp³-hybridized carbons (Fsp3) is 0.280. The molecule has 9 nitrogen and oxygen atoms in total. The molecule has 1 atom stereocenters. The molecule has 0 bridgehead atoms. The van der Waals surface area contributed by atoms with Crippen LogP contribution < -0.4 is 10.0 Å². The first-order valence-corrected chi connectivity index (χ1v) is 13.2. The van der Waals surface area contributed by atoms with Gasteiger partial charge in [-0.15, -0.1) is 0 Å². The first-order chi connectivity index (χ1) is 17.1. The van der Waals surface area contributed by atoms with Crippen LogP contribution in [-0.2, 0) is 19.6 Å². The maximum absolute atomic E-state index is 12.9. The van der Waals surface area contributed by atoms with Crippen molar-refractivity contribution in [3.63, 3.8) is 0 Å². The van der Waals surface area contributed by atoms with Gasteiger partial charge in [0.25, 0.3) is 15.9 Å². The fourth-order valence-corrected chi connectivity index (χ4v) is 4.44. The highest BCUT2D eigenvalue weighted by Crippen LogP contribution is 2.19. The standard InChI is InChI=1S/C25H27ClN4O5S/c1-4-5-6-22(35-25(32)18-7-9-19(26)10-8-18)24(31)29-20-11-13-21(14-12-20)36(33,34)30-23-15-16(2)27-17(3)28-23/h7-15,22H,4-6H2,1-3H3,(H,29,31)(H,27,28,30)/t22-/m1/s1. The van der Waals surface area contributed by atoms with Gasteiger partial charge in [-0.2, -0.15) is 0 Å². The van der Waals surface area contributed by atoms with Gasteiger partial charge in [-0.3, -0.25) is 9.52 Å². The molecule has 0 unspecified atom stereocenters. The number of halogens is 1. The van der Waals surface area contributed by atoms with Crippen molar-refractivity contribution in [3.05, 3.63) is 76.7 Å². The Morgan fingerprint density at radius 3 is 2.31 bits per heavy atom. The van der Waals surface area contributed by atoms with Crippen molar-refractivity contribution < 1.29 is 22.7 Å². The first kappa shape index (κ1) is 27.1. The molecule has 3 rings (SSSR count). The molecule has 36 heavy (non-hydrogen) atoms. The van der Waals surface area contributed by atoms with Gasteiger partial charge in [0.05, 0.1) is 10.5 Å². The molecular weight excluding hydrogens is 504 g/mol. The second-order valence-electron chi connectivity index (χ2n) is 8.10. The van der Waals surface area contributed by atoms with E-state index in [0.717, 1.165) is 6.42 Å². The number of carbonyl (C=O) groups excluding carboxylic acids is 2. The molecule has 190 valence electrons. The van der Waals surface area contributed by atoms with Crippen LogP contribution in [0.15, 0.2) is 59.5 Å². The van der Waals surface area contributed by atoms with Crippen LogP contribution in [0.4, 0.5) is 11.5 Å². The second-order valence-corrected chi connectivity index (χ2v) is 10.2. The molecule has 0 aliphatic rings. The Morgan fingerprint density at radius 2 is 1.69 bits per heavy atom. The first-order valence-electron chi connectivity index (χ1n) is 11.3. The van der Waals surface area contributed by atoms with Crippen LogP contribution in [0.1, 0.15) is 48.1 Å². The minimum absolute atomic E-state index is 0.00823. The number of unbranched alkanes of at least 4 members (excludes halogenated alkanes) is 1. The summed E-state index contributed by atoms with van der Waals surface area (Å²) in [6.07, 6.45) is 0.822. The monoisotopic (exact) mass is 530 g/mol. The van der Waals surface area contributed by atoms with Gasteiger partial charge in [-0.25, -0.2) is 23.2 Å². The number of aromatic nitrogens is 2. The zero-order valence-corrected chi connectivity index (χ0v) is 21.7. The molecule has 1 amide bonds. The Labute approximate surface area is 215 Å². The molecule has 3 aromatic rings. The molecule has 2 N–H and O–H groups in total. The molecule has 11 heteroatoms. The fourth-order valence-electron chi connectivity index (χ4n) is 3.32. The predicted molar refractivity (Wildman–Crippen MR) is 138 cm³/mol. The van der Waals surface area contributed by atoms with Crippen molar-refractivity contribution in [2.75, 3.05) is 10.0 Å². The Bertz CT molecular complexity index is 1310. The highest BCUT2D eigenvalue weighted by molar-refractivity contribution is 7.92. The van der Waals surface area contributed by atoms with Gasteiger partial charge in [-0.05, 0) is 75.2 Å². The molecule has 0 saturated carbocycles. The quantitative estimate of drug-likeness (QED) is 0.357. The Balaban J connectivity index is 1.69. The third-order valence-corrected chi connectivity index (χ3v) is 6.70. The molecule has 0 radical (unpaired) electrons. The average Bonchev–Trinajstić information content (AvgIpc) is 2.81. The van der Waals surface area contributed by atoms with Crippen LogP contribution >= 0.6 is 11.6 Å². The average molecular weight is 531 g/mol. The summed E-state index contributed by atoms with van der Waals surface area (Å²) < 4.78 is 33.4. The van der Waals surface area contributed by atoms with E-state index in [2.05, 4.69) is 20.0 Å². The summed E-state index contributed by atoms with van der Waals surface area (Å²) in [5, 5.41) is 3.17. The number of anilines is 2. The molecule has 0 fully saturated rings. The number of nitrogens with zero attached hydrogens (tertiary/aromatic N) is 2. The molecule has 0 aliphatic heterocycles. The van der Waals surface area contributed by atoms with Crippen molar-refractivity contribution in [3.8, 4) is 0 Å². The lowest BCUT2D eigenvalue weighted by atomic mass is 10.1. The van der Waals surface area contributed by atoms with E-state index in [9.17, 15) is 18.0 Å². The van der Waals surface area contributed by atoms with Gasteiger partial charge < -0.3 is 10.1 Å². The number of esters is 1. The summed E-state index contributed by atoms with van der Waals surface area (Å²) in [5.74, 6) is -0.532. The van der Waals surface area contributed by atoms with Gasteiger partial charge in [0.15, 0.2) is 6.10 Å². The number of hydrogen-bond donors (Lipinski definition) is 2. The highest BCUT2D eigenvalue weighted by atomic mass is 35.5. The third-order valence-electron chi connectivity index (χ3n) is 5.08. The lowest BCUT2D eigenvalue weighted by Gasteiger charge is -2.18. The van der Waals surface area contributed by atoms with Crippen LogP contribution in [0.3, 0.4) is 0 Å². The molecule has 0 spiro atoms. The molecular formula is C25H27ClN4O5S. The van der Waals surface area contributed by atoms with E-state index in [1.807, 2.05) is 6.92 Å². The Morgan fingerprint density at radius 1 is 1.03 bits per heavy atom. The molecule has 0 saturated heterocycles. The normalized spacial score (nSPS) is 12.0. The number of sulfonamides is 1. The second kappa shape index (κ2) is 12.0. The summed E-state index contributed by atoms with van der Waals surface area (Å²) in [6.45, 7) is 5.38. The topological polar surface area (TPSA) is 127 Å². The summed E-state index contributed by atoms with van der Waals surface area (Å²) in [5.41, 5.74) is 1.27. The number of aryl methyl sites for hydroxylation is 2. The van der Waals surface area contributed by atoms with Gasteiger partial charge >= 0.3 is 5.97 Å². The van der Waals surface area contributed by atoms with Gasteiger partial charge in [0.2, 0.25) is 0 Å².